The van der Waals surface area contributed by atoms with Gasteiger partial charge in [0.1, 0.15) is 12.6 Å². The Bertz CT molecular complexity index is 978. The molecule has 2 aromatic rings. The Morgan fingerprint density at radius 3 is 2.31 bits per heavy atom. The van der Waals surface area contributed by atoms with Gasteiger partial charge >= 0.3 is 12.1 Å². The molecule has 2 amide bonds. The molecule has 1 fully saturated rings. The van der Waals surface area contributed by atoms with Crippen LogP contribution in [0.15, 0.2) is 48.5 Å². The molecule has 2 aliphatic rings. The summed E-state index contributed by atoms with van der Waals surface area (Å²) in [6.45, 7) is 0.425. The molecule has 4 rings (SSSR count). The van der Waals surface area contributed by atoms with Crippen LogP contribution in [-0.2, 0) is 19.1 Å². The zero-order valence-corrected chi connectivity index (χ0v) is 17.8. The van der Waals surface area contributed by atoms with Gasteiger partial charge in [-0.1, -0.05) is 48.5 Å². The number of alkyl carbamates (subject to hydrolysis) is 1. The third kappa shape index (κ3) is 4.18. The molecule has 32 heavy (non-hydrogen) atoms. The lowest BCUT2D eigenvalue weighted by Gasteiger charge is -2.26. The van der Waals surface area contributed by atoms with Gasteiger partial charge in [0.25, 0.3) is 5.91 Å². The quantitative estimate of drug-likeness (QED) is 0.689. The van der Waals surface area contributed by atoms with E-state index in [-0.39, 0.29) is 19.1 Å². The van der Waals surface area contributed by atoms with E-state index in [9.17, 15) is 19.5 Å². The van der Waals surface area contributed by atoms with Gasteiger partial charge in [0.15, 0.2) is 6.10 Å². The van der Waals surface area contributed by atoms with Gasteiger partial charge in [-0.15, -0.1) is 0 Å². The van der Waals surface area contributed by atoms with Gasteiger partial charge < -0.3 is 24.8 Å². The van der Waals surface area contributed by atoms with Crippen molar-refractivity contribution in [1.29, 1.82) is 0 Å². The van der Waals surface area contributed by atoms with E-state index in [2.05, 4.69) is 17.4 Å². The van der Waals surface area contributed by atoms with E-state index in [1.807, 2.05) is 36.4 Å². The zero-order chi connectivity index (χ0) is 22.7. The van der Waals surface area contributed by atoms with Crippen LogP contribution in [0.25, 0.3) is 11.1 Å². The Kier molecular flexibility index (Phi) is 6.41. The van der Waals surface area contributed by atoms with Crippen molar-refractivity contribution in [3.8, 4) is 11.1 Å². The normalized spacial score (nSPS) is 18.0. The van der Waals surface area contributed by atoms with Gasteiger partial charge in [-0.05, 0) is 35.1 Å². The number of hydrogen-bond acceptors (Lipinski definition) is 5. The topological polar surface area (TPSA) is 105 Å². The van der Waals surface area contributed by atoms with Crippen molar-refractivity contribution >= 4 is 18.0 Å². The monoisotopic (exact) mass is 438 g/mol. The summed E-state index contributed by atoms with van der Waals surface area (Å²) in [4.78, 5) is 37.7. The van der Waals surface area contributed by atoms with E-state index in [1.54, 1.807) is 0 Å². The Morgan fingerprint density at radius 2 is 1.72 bits per heavy atom. The smallest absolute Gasteiger partial charge is 0.407 e. The van der Waals surface area contributed by atoms with Gasteiger partial charge in [-0.3, -0.25) is 4.79 Å². The first-order valence-corrected chi connectivity index (χ1v) is 10.7. The maximum Gasteiger partial charge on any atom is 0.407 e. The van der Waals surface area contributed by atoms with Gasteiger partial charge in [-0.25, -0.2) is 9.59 Å². The van der Waals surface area contributed by atoms with Crippen molar-refractivity contribution in [2.24, 2.45) is 0 Å². The molecule has 1 heterocycles. The molecular formula is C24H26N2O6. The minimum Gasteiger partial charge on any atom is -0.480 e. The third-order valence-corrected chi connectivity index (χ3v) is 6.16. The fourth-order valence-corrected chi connectivity index (χ4v) is 4.57. The lowest BCUT2D eigenvalue weighted by atomic mass is 9.98. The number of carboxylic acids is 1. The first kappa shape index (κ1) is 21.8. The number of ether oxygens (including phenoxy) is 2. The molecule has 8 heteroatoms. The molecule has 0 saturated carbocycles. The van der Waals surface area contributed by atoms with Crippen molar-refractivity contribution < 1.29 is 29.0 Å². The van der Waals surface area contributed by atoms with E-state index in [1.165, 1.54) is 12.0 Å². The fraction of sp³-hybridized carbons (Fsp3) is 0.375. The van der Waals surface area contributed by atoms with Crippen LogP contribution in [0.5, 0.6) is 0 Å². The van der Waals surface area contributed by atoms with E-state index >= 15 is 0 Å². The second-order valence-corrected chi connectivity index (χ2v) is 7.96. The van der Waals surface area contributed by atoms with E-state index in [4.69, 9.17) is 9.47 Å². The highest BCUT2D eigenvalue weighted by molar-refractivity contribution is 5.87. The first-order chi connectivity index (χ1) is 15.5. The zero-order valence-electron chi connectivity index (χ0n) is 17.8. The molecule has 0 radical (unpaired) electrons. The first-order valence-electron chi connectivity index (χ1n) is 10.7. The molecule has 0 aromatic heterocycles. The Morgan fingerprint density at radius 1 is 1.09 bits per heavy atom. The molecule has 2 atom stereocenters. The van der Waals surface area contributed by atoms with Crippen LogP contribution in [0.2, 0.25) is 0 Å². The van der Waals surface area contributed by atoms with Crippen LogP contribution in [0.1, 0.15) is 29.9 Å². The summed E-state index contributed by atoms with van der Waals surface area (Å²) in [5, 5.41) is 11.9. The molecule has 1 unspecified atom stereocenters. The van der Waals surface area contributed by atoms with Gasteiger partial charge in [0.2, 0.25) is 0 Å². The van der Waals surface area contributed by atoms with Crippen molar-refractivity contribution in [2.45, 2.75) is 30.9 Å². The standard InChI is InChI=1S/C24H26N2O6/c1-31-21(22(27)26-12-6-11-20(26)23(28)29)13-25-24(30)32-14-19-17-9-4-2-7-15(17)16-8-3-5-10-18(16)19/h2-5,7-10,19-21H,6,11-14H2,1H3,(H,25,30)(H,28,29)/t20-,21?/m1/s1. The molecule has 2 N–H and O–H groups in total. The van der Waals surface area contributed by atoms with Crippen molar-refractivity contribution in [2.75, 3.05) is 26.8 Å². The number of aliphatic carboxylic acids is 1. The molecule has 2 aromatic carbocycles. The van der Waals surface area contributed by atoms with Gasteiger partial charge in [-0.2, -0.15) is 0 Å². The second kappa shape index (κ2) is 9.40. The van der Waals surface area contributed by atoms with Crippen molar-refractivity contribution in [3.05, 3.63) is 59.7 Å². The predicted octanol–water partition coefficient (Wildman–Crippen LogP) is 2.62. The Balaban J connectivity index is 1.34. The van der Waals surface area contributed by atoms with Crippen LogP contribution in [-0.4, -0.2) is 66.9 Å². The van der Waals surface area contributed by atoms with Gasteiger partial charge in [0.05, 0.1) is 6.54 Å². The SMILES string of the molecule is COC(CNC(=O)OCC1c2ccccc2-c2ccccc21)C(=O)N1CCC[C@@H]1C(=O)O. The summed E-state index contributed by atoms with van der Waals surface area (Å²) in [5.41, 5.74) is 4.50. The Labute approximate surface area is 186 Å². The molecule has 1 aliphatic heterocycles. The van der Waals surface area contributed by atoms with Crippen molar-refractivity contribution in [3.63, 3.8) is 0 Å². The summed E-state index contributed by atoms with van der Waals surface area (Å²) < 4.78 is 10.7. The van der Waals surface area contributed by atoms with Crippen LogP contribution in [0.3, 0.4) is 0 Å². The van der Waals surface area contributed by atoms with Gasteiger partial charge in [0, 0.05) is 19.6 Å². The average molecular weight is 438 g/mol. The maximum atomic E-state index is 12.7. The lowest BCUT2D eigenvalue weighted by molar-refractivity contribution is -0.152. The van der Waals surface area contributed by atoms with E-state index in [0.29, 0.717) is 19.4 Å². The highest BCUT2D eigenvalue weighted by Gasteiger charge is 2.37. The number of benzene rings is 2. The van der Waals surface area contributed by atoms with E-state index in [0.717, 1.165) is 22.3 Å². The number of nitrogens with zero attached hydrogens (tertiary/aromatic N) is 1. The number of nitrogens with one attached hydrogen (secondary N) is 1. The largest absolute Gasteiger partial charge is 0.480 e. The summed E-state index contributed by atoms with van der Waals surface area (Å²) >= 11 is 0. The number of rotatable bonds is 7. The number of carbonyl (C=O) groups is 3. The van der Waals surface area contributed by atoms with E-state index < -0.39 is 30.1 Å². The van der Waals surface area contributed by atoms with Crippen molar-refractivity contribution in [1.82, 2.24) is 10.2 Å². The molecule has 1 aliphatic carbocycles. The number of fused-ring (bicyclic) bond motifs is 3. The minimum atomic E-state index is -1.03. The summed E-state index contributed by atoms with van der Waals surface area (Å²) in [6.07, 6.45) is -0.593. The fourth-order valence-electron chi connectivity index (χ4n) is 4.57. The van der Waals surface area contributed by atoms with Crippen LogP contribution < -0.4 is 5.32 Å². The molecule has 1 saturated heterocycles. The summed E-state index contributed by atoms with van der Waals surface area (Å²) in [7, 11) is 1.35. The Hall–Kier alpha value is -3.39. The summed E-state index contributed by atoms with van der Waals surface area (Å²) in [5.74, 6) is -1.54. The molecule has 8 nitrogen and oxygen atoms in total. The average Bonchev–Trinajstić information content (AvgIpc) is 3.41. The second-order valence-electron chi connectivity index (χ2n) is 7.96. The number of carbonyl (C=O) groups excluding carboxylic acids is 2. The number of carboxylic acid groups (broad SMARTS) is 1. The number of methoxy groups -OCH3 is 1. The molecule has 168 valence electrons. The molecular weight excluding hydrogens is 412 g/mol. The molecule has 0 bridgehead atoms. The number of hydrogen-bond donors (Lipinski definition) is 2. The number of amides is 2. The van der Waals surface area contributed by atoms with Crippen LogP contribution in [0, 0.1) is 0 Å². The highest BCUT2D eigenvalue weighted by atomic mass is 16.5. The van der Waals surface area contributed by atoms with Crippen LogP contribution in [0.4, 0.5) is 4.79 Å². The maximum absolute atomic E-state index is 12.7. The number of likely N-dealkylation sites (tertiary alicyclic amines) is 1. The highest BCUT2D eigenvalue weighted by Crippen LogP contribution is 2.44. The predicted molar refractivity (Wildman–Crippen MR) is 116 cm³/mol. The lowest BCUT2D eigenvalue weighted by Crippen LogP contribution is -2.49. The van der Waals surface area contributed by atoms with Crippen LogP contribution >= 0.6 is 0 Å². The third-order valence-electron chi connectivity index (χ3n) is 6.16. The molecule has 0 spiro atoms. The summed E-state index contributed by atoms with van der Waals surface area (Å²) in [6, 6.07) is 15.3. The minimum absolute atomic E-state index is 0.0612.